The van der Waals surface area contributed by atoms with Gasteiger partial charge in [0.1, 0.15) is 0 Å². The molecule has 3 aliphatic rings. The van der Waals surface area contributed by atoms with Crippen molar-refractivity contribution in [1.82, 2.24) is 0 Å². The molecular formula is C76H59N3. The van der Waals surface area contributed by atoms with Crippen LogP contribution in [0.25, 0.3) is 59.8 Å². The molecule has 0 heterocycles. The maximum Gasteiger partial charge on any atom is 0.0543 e. The third kappa shape index (κ3) is 7.40. The van der Waals surface area contributed by atoms with Crippen LogP contribution >= 0.6 is 0 Å². The molecular weight excluding hydrogens is 955 g/mol. The molecule has 0 fully saturated rings. The SMILES string of the molecule is CC1(C)C2=C(CCC=C2)c2c1cc(N(c1ccc(N(c3ccccc3)c3ccc(N(c4ccc5ccccc5c4)c4cc5c(c6ccccc46)-c4ccccc4C5(C)C)cc3)cc1)c1ccc3ccccc3c1)c1ccccc21. The van der Waals surface area contributed by atoms with Crippen LogP contribution in [0.2, 0.25) is 0 Å². The van der Waals surface area contributed by atoms with Crippen LogP contribution in [0.15, 0.2) is 266 Å². The standard InChI is InChI=1S/C76H59N3/c1-75(2)67-32-18-16-30-65(67)73-63-28-14-12-26-61(63)71(48-69(73)75)78(59-36-34-50-20-8-10-22-52(50)46-59)57-42-38-55(39-43-57)77(54-24-6-5-7-25-54)56-40-44-58(45-41-56)79(60-37-35-51-21-9-11-23-53(51)47-60)72-49-70-74(64-29-15-13-27-62(64)72)66-31-17-19-33-68(66)76(70,3)4/h5-16,18-30,32-49H,17,31H2,1-4H3. The Morgan fingerprint density at radius 2 is 0.734 bits per heavy atom. The predicted molar refractivity (Wildman–Crippen MR) is 336 cm³/mol. The predicted octanol–water partition coefficient (Wildman–Crippen LogP) is 21.4. The summed E-state index contributed by atoms with van der Waals surface area (Å²) in [4.78, 5) is 7.36. The summed E-state index contributed by atoms with van der Waals surface area (Å²) in [7, 11) is 0. The first-order valence-electron chi connectivity index (χ1n) is 28.0. The van der Waals surface area contributed by atoms with Crippen molar-refractivity contribution >= 4 is 99.8 Å². The molecule has 3 aliphatic carbocycles. The molecule has 0 spiro atoms. The number of anilines is 9. The second kappa shape index (κ2) is 18.1. The van der Waals surface area contributed by atoms with E-state index in [-0.39, 0.29) is 10.8 Å². The first kappa shape index (κ1) is 46.8. The fourth-order valence-corrected chi connectivity index (χ4v) is 13.7. The van der Waals surface area contributed by atoms with Gasteiger partial charge < -0.3 is 14.7 Å². The third-order valence-corrected chi connectivity index (χ3v) is 17.6. The Balaban J connectivity index is 0.869. The van der Waals surface area contributed by atoms with Crippen molar-refractivity contribution in [3.05, 3.63) is 289 Å². The number of hydrogen-bond donors (Lipinski definition) is 0. The van der Waals surface area contributed by atoms with Crippen LogP contribution in [0, 0.1) is 0 Å². The Kier molecular flexibility index (Phi) is 10.7. The Hall–Kier alpha value is -9.44. The van der Waals surface area contributed by atoms with Gasteiger partial charge in [-0.25, -0.2) is 0 Å². The molecule has 15 rings (SSSR count). The molecule has 0 saturated heterocycles. The topological polar surface area (TPSA) is 9.72 Å². The molecule has 0 bridgehead atoms. The second-order valence-electron chi connectivity index (χ2n) is 22.8. The number of allylic oxidation sites excluding steroid dienone is 4. The molecule has 0 atom stereocenters. The van der Waals surface area contributed by atoms with Crippen LogP contribution in [-0.4, -0.2) is 0 Å². The average molecular weight is 1010 g/mol. The molecule has 378 valence electrons. The van der Waals surface area contributed by atoms with Crippen LogP contribution in [0.1, 0.15) is 62.8 Å². The van der Waals surface area contributed by atoms with Crippen LogP contribution < -0.4 is 14.7 Å². The van der Waals surface area contributed by atoms with E-state index < -0.39 is 0 Å². The zero-order valence-electron chi connectivity index (χ0n) is 45.1. The number of rotatable bonds is 9. The summed E-state index contributed by atoms with van der Waals surface area (Å²) >= 11 is 0. The lowest BCUT2D eigenvalue weighted by atomic mass is 9.79. The molecule has 3 nitrogen and oxygen atoms in total. The zero-order valence-corrected chi connectivity index (χ0v) is 45.1. The highest BCUT2D eigenvalue weighted by molar-refractivity contribution is 6.11. The minimum atomic E-state index is -0.178. The van der Waals surface area contributed by atoms with Crippen molar-refractivity contribution in [2.45, 2.75) is 51.4 Å². The summed E-state index contributed by atoms with van der Waals surface area (Å²) in [5, 5.41) is 9.94. The van der Waals surface area contributed by atoms with E-state index >= 15 is 0 Å². The normalized spacial score (nSPS) is 14.6. The van der Waals surface area contributed by atoms with E-state index in [4.69, 9.17) is 0 Å². The fourth-order valence-electron chi connectivity index (χ4n) is 13.7. The van der Waals surface area contributed by atoms with Gasteiger partial charge in [0.2, 0.25) is 0 Å². The van der Waals surface area contributed by atoms with Crippen molar-refractivity contribution < 1.29 is 0 Å². The highest BCUT2D eigenvalue weighted by Crippen LogP contribution is 2.57. The molecule has 0 aliphatic heterocycles. The summed E-state index contributed by atoms with van der Waals surface area (Å²) in [6.45, 7) is 9.60. The number of fused-ring (bicyclic) bond motifs is 11. The summed E-state index contributed by atoms with van der Waals surface area (Å²) in [6.07, 6.45) is 6.92. The summed E-state index contributed by atoms with van der Waals surface area (Å²) in [5.41, 5.74) is 20.9. The molecule has 12 aromatic rings. The largest absolute Gasteiger partial charge is 0.311 e. The van der Waals surface area contributed by atoms with E-state index in [0.29, 0.717) is 0 Å². The van der Waals surface area contributed by atoms with Crippen molar-refractivity contribution in [2.24, 2.45) is 0 Å². The van der Waals surface area contributed by atoms with E-state index in [1.54, 1.807) is 0 Å². The quantitative estimate of drug-likeness (QED) is 0.143. The number of hydrogen-bond acceptors (Lipinski definition) is 3. The Morgan fingerprint density at radius 1 is 0.316 bits per heavy atom. The van der Waals surface area contributed by atoms with Crippen LogP contribution in [0.5, 0.6) is 0 Å². The van der Waals surface area contributed by atoms with E-state index in [0.717, 1.165) is 58.3 Å². The Morgan fingerprint density at radius 3 is 1.29 bits per heavy atom. The van der Waals surface area contributed by atoms with Crippen LogP contribution in [0.4, 0.5) is 51.2 Å². The lowest BCUT2D eigenvalue weighted by Crippen LogP contribution is -2.18. The van der Waals surface area contributed by atoms with E-state index in [2.05, 4.69) is 303 Å². The first-order chi connectivity index (χ1) is 38.7. The summed E-state index contributed by atoms with van der Waals surface area (Å²) < 4.78 is 0. The van der Waals surface area contributed by atoms with Gasteiger partial charge in [0, 0.05) is 61.4 Å². The minimum absolute atomic E-state index is 0.129. The smallest absolute Gasteiger partial charge is 0.0543 e. The Labute approximate surface area is 463 Å². The molecule has 12 aromatic carbocycles. The van der Waals surface area contributed by atoms with Crippen molar-refractivity contribution in [1.29, 1.82) is 0 Å². The molecule has 0 N–H and O–H groups in total. The van der Waals surface area contributed by atoms with Crippen molar-refractivity contribution in [3.8, 4) is 11.1 Å². The van der Waals surface area contributed by atoms with Gasteiger partial charge in [-0.15, -0.1) is 0 Å². The van der Waals surface area contributed by atoms with E-state index in [9.17, 15) is 0 Å². The molecule has 0 saturated carbocycles. The third-order valence-electron chi connectivity index (χ3n) is 17.6. The van der Waals surface area contributed by atoms with Crippen LogP contribution in [0.3, 0.4) is 0 Å². The number of nitrogens with zero attached hydrogens (tertiary/aromatic N) is 3. The monoisotopic (exact) mass is 1010 g/mol. The van der Waals surface area contributed by atoms with Gasteiger partial charge in [0.25, 0.3) is 0 Å². The zero-order chi connectivity index (χ0) is 53.0. The number of para-hydroxylation sites is 1. The van der Waals surface area contributed by atoms with Crippen LogP contribution in [-0.2, 0) is 10.8 Å². The van der Waals surface area contributed by atoms with E-state index in [1.807, 2.05) is 0 Å². The van der Waals surface area contributed by atoms with Gasteiger partial charge in [-0.3, -0.25) is 0 Å². The van der Waals surface area contributed by atoms with Gasteiger partial charge in [0.15, 0.2) is 0 Å². The van der Waals surface area contributed by atoms with Gasteiger partial charge in [-0.1, -0.05) is 192 Å². The van der Waals surface area contributed by atoms with Gasteiger partial charge in [0.05, 0.1) is 11.4 Å². The summed E-state index contributed by atoms with van der Waals surface area (Å²) in [5.74, 6) is 0. The molecule has 0 unspecified atom stereocenters. The van der Waals surface area contributed by atoms with Gasteiger partial charge >= 0.3 is 0 Å². The van der Waals surface area contributed by atoms with Gasteiger partial charge in [-0.2, -0.15) is 0 Å². The maximum atomic E-state index is 2.51. The molecule has 79 heavy (non-hydrogen) atoms. The molecule has 3 heteroatoms. The molecule has 0 amide bonds. The lowest BCUT2D eigenvalue weighted by molar-refractivity contribution is 0.652. The van der Waals surface area contributed by atoms with E-state index in [1.165, 1.54) is 93.3 Å². The van der Waals surface area contributed by atoms with Crippen molar-refractivity contribution in [2.75, 3.05) is 14.7 Å². The Bertz CT molecular complexity index is 4480. The summed E-state index contributed by atoms with van der Waals surface area (Å²) in [6, 6.07) is 92.5. The lowest BCUT2D eigenvalue weighted by Gasteiger charge is -2.32. The highest BCUT2D eigenvalue weighted by atomic mass is 15.2. The second-order valence-corrected chi connectivity index (χ2v) is 22.8. The maximum absolute atomic E-state index is 2.51. The first-order valence-corrected chi connectivity index (χ1v) is 28.0. The highest BCUT2D eigenvalue weighted by Gasteiger charge is 2.40. The molecule has 0 radical (unpaired) electrons. The molecule has 0 aromatic heterocycles. The van der Waals surface area contributed by atoms with Gasteiger partial charge in [-0.05, 0) is 187 Å². The van der Waals surface area contributed by atoms with Crippen molar-refractivity contribution in [3.63, 3.8) is 0 Å². The fraction of sp³-hybridized carbons (Fsp3) is 0.105. The number of benzene rings is 12. The minimum Gasteiger partial charge on any atom is -0.311 e. The average Bonchev–Trinajstić information content (AvgIpc) is 4.13.